The maximum atomic E-state index is 13.0. The van der Waals surface area contributed by atoms with E-state index < -0.39 is 21.8 Å². The Balaban J connectivity index is 2.08. The number of sulfonamides is 1. The molecular weight excluding hydrogens is 461 g/mol. The maximum Gasteiger partial charge on any atom is 0.416 e. The molecule has 150 valence electrons. The summed E-state index contributed by atoms with van der Waals surface area (Å²) in [5, 5.41) is 0. The summed E-state index contributed by atoms with van der Waals surface area (Å²) >= 11 is 3.26. The van der Waals surface area contributed by atoms with Crippen LogP contribution in [-0.4, -0.2) is 20.4 Å². The maximum absolute atomic E-state index is 13.0. The largest absolute Gasteiger partial charge is 0.416 e. The Morgan fingerprint density at radius 2 is 1.93 bits per heavy atom. The minimum atomic E-state index is -4.60. The first kappa shape index (κ1) is 20.7. The van der Waals surface area contributed by atoms with Gasteiger partial charge in [0, 0.05) is 23.1 Å². The number of halogens is 4. The smallest absolute Gasteiger partial charge is 0.308 e. The second kappa shape index (κ2) is 7.07. The fraction of sp³-hybridized carbons (Fsp3) is 0.278. The van der Waals surface area contributed by atoms with Crippen LogP contribution in [0.1, 0.15) is 25.0 Å². The quantitative estimate of drug-likeness (QED) is 0.705. The Morgan fingerprint density at radius 1 is 1.25 bits per heavy atom. The lowest BCUT2D eigenvalue weighted by Gasteiger charge is -2.23. The summed E-state index contributed by atoms with van der Waals surface area (Å²) in [5.41, 5.74) is -0.265. The molecule has 1 atom stereocenters. The molecule has 0 spiro atoms. The minimum absolute atomic E-state index is 0.172. The van der Waals surface area contributed by atoms with Crippen molar-refractivity contribution in [2.75, 3.05) is 9.62 Å². The van der Waals surface area contributed by atoms with E-state index >= 15 is 0 Å². The zero-order chi connectivity index (χ0) is 20.9. The van der Waals surface area contributed by atoms with Gasteiger partial charge in [-0.1, -0.05) is 22.0 Å². The number of benzene rings is 2. The summed E-state index contributed by atoms with van der Waals surface area (Å²) in [6.45, 7) is 3.14. The third-order valence-corrected chi connectivity index (χ3v) is 6.24. The van der Waals surface area contributed by atoms with Gasteiger partial charge in [0.2, 0.25) is 5.91 Å². The van der Waals surface area contributed by atoms with Gasteiger partial charge in [0.1, 0.15) is 4.90 Å². The lowest BCUT2D eigenvalue weighted by atomic mass is 10.1. The number of fused-ring (bicyclic) bond motifs is 1. The molecule has 0 aromatic heterocycles. The normalized spacial score (nSPS) is 16.8. The van der Waals surface area contributed by atoms with Crippen LogP contribution < -0.4 is 9.62 Å². The lowest BCUT2D eigenvalue weighted by molar-refractivity contribution is -0.137. The first-order valence-corrected chi connectivity index (χ1v) is 10.5. The Morgan fingerprint density at radius 3 is 2.54 bits per heavy atom. The van der Waals surface area contributed by atoms with E-state index in [-0.39, 0.29) is 28.2 Å². The van der Waals surface area contributed by atoms with Crippen molar-refractivity contribution in [3.63, 3.8) is 0 Å². The van der Waals surface area contributed by atoms with Crippen LogP contribution in [0.15, 0.2) is 45.8 Å². The molecule has 3 rings (SSSR count). The molecule has 0 unspecified atom stereocenters. The summed E-state index contributed by atoms with van der Waals surface area (Å²) in [4.78, 5) is 13.3. The molecular formula is C18H16BrF3N2O3S. The van der Waals surface area contributed by atoms with E-state index in [9.17, 15) is 26.4 Å². The molecule has 5 nitrogen and oxygen atoms in total. The number of hydrogen-bond acceptors (Lipinski definition) is 3. The first-order valence-electron chi connectivity index (χ1n) is 8.22. The van der Waals surface area contributed by atoms with E-state index in [0.29, 0.717) is 16.5 Å². The van der Waals surface area contributed by atoms with E-state index in [1.165, 1.54) is 24.0 Å². The van der Waals surface area contributed by atoms with Crippen molar-refractivity contribution in [3.8, 4) is 0 Å². The minimum Gasteiger partial charge on any atom is -0.308 e. The van der Waals surface area contributed by atoms with Crippen molar-refractivity contribution in [1.82, 2.24) is 0 Å². The van der Waals surface area contributed by atoms with Crippen LogP contribution in [0.25, 0.3) is 0 Å². The number of nitrogens with zero attached hydrogens (tertiary/aromatic N) is 1. The Kier molecular flexibility index (Phi) is 5.22. The third-order valence-electron chi connectivity index (χ3n) is 4.39. The van der Waals surface area contributed by atoms with E-state index in [1.54, 1.807) is 13.0 Å². The highest BCUT2D eigenvalue weighted by molar-refractivity contribution is 9.10. The summed E-state index contributed by atoms with van der Waals surface area (Å²) < 4.78 is 67.4. The van der Waals surface area contributed by atoms with Crippen molar-refractivity contribution < 1.29 is 26.4 Å². The highest BCUT2D eigenvalue weighted by atomic mass is 79.9. The van der Waals surface area contributed by atoms with Gasteiger partial charge in [0.25, 0.3) is 10.0 Å². The van der Waals surface area contributed by atoms with Gasteiger partial charge in [-0.25, -0.2) is 8.42 Å². The van der Waals surface area contributed by atoms with Crippen LogP contribution in [0.3, 0.4) is 0 Å². The van der Waals surface area contributed by atoms with E-state index in [0.717, 1.165) is 18.2 Å². The molecule has 28 heavy (non-hydrogen) atoms. The topological polar surface area (TPSA) is 66.5 Å². The average Bonchev–Trinajstić information content (AvgIpc) is 2.88. The van der Waals surface area contributed by atoms with Gasteiger partial charge >= 0.3 is 6.18 Å². The Hall–Kier alpha value is -2.07. The average molecular weight is 477 g/mol. The summed E-state index contributed by atoms with van der Waals surface area (Å²) in [7, 11) is -4.25. The molecule has 0 radical (unpaired) electrons. The van der Waals surface area contributed by atoms with Crippen LogP contribution in [0.5, 0.6) is 0 Å². The SMILES string of the molecule is CC(=O)N1c2c(cc(Br)cc2S(=O)(=O)Nc2cccc(C(F)(F)F)c2)C[C@H]1C. The zero-order valence-electron chi connectivity index (χ0n) is 14.8. The van der Waals surface area contributed by atoms with Gasteiger partial charge in [0.05, 0.1) is 11.3 Å². The van der Waals surface area contributed by atoms with E-state index in [4.69, 9.17) is 0 Å². The summed E-state index contributed by atoms with van der Waals surface area (Å²) in [6, 6.07) is 6.77. The fourth-order valence-electron chi connectivity index (χ4n) is 3.33. The highest BCUT2D eigenvalue weighted by Gasteiger charge is 2.36. The number of carbonyl (C=O) groups is 1. The second-order valence-corrected chi connectivity index (χ2v) is 9.10. The Bertz CT molecular complexity index is 1050. The number of hydrogen-bond donors (Lipinski definition) is 1. The van der Waals surface area contributed by atoms with Crippen LogP contribution in [-0.2, 0) is 27.4 Å². The number of rotatable bonds is 3. The third kappa shape index (κ3) is 3.88. The summed E-state index contributed by atoms with van der Waals surface area (Å²) in [5.74, 6) is -0.316. The highest BCUT2D eigenvalue weighted by Crippen LogP contribution is 2.41. The molecule has 2 aromatic carbocycles. The fourth-order valence-corrected chi connectivity index (χ4v) is 5.30. The molecule has 2 aromatic rings. The first-order chi connectivity index (χ1) is 12.9. The molecule has 1 amide bonds. The predicted octanol–water partition coefficient (Wildman–Crippen LogP) is 4.57. The molecule has 0 aliphatic carbocycles. The van der Waals surface area contributed by atoms with E-state index in [1.807, 2.05) is 0 Å². The molecule has 0 saturated carbocycles. The number of carbonyl (C=O) groups excluding carboxylic acids is 1. The standard InChI is InChI=1S/C18H16BrF3N2O3S/c1-10-6-12-7-14(19)9-16(17(12)24(10)11(2)25)28(26,27)23-15-5-3-4-13(8-15)18(20,21)22/h3-5,7-10,23H,6H2,1-2H3/t10-/m1/s1. The molecule has 0 fully saturated rings. The second-order valence-electron chi connectivity index (χ2n) is 6.54. The lowest BCUT2D eigenvalue weighted by Crippen LogP contribution is -2.34. The van der Waals surface area contributed by atoms with Crippen LogP contribution in [0.2, 0.25) is 0 Å². The molecule has 1 N–H and O–H groups in total. The molecule has 1 aliphatic rings. The number of anilines is 2. The van der Waals surface area contributed by atoms with Gasteiger partial charge in [-0.3, -0.25) is 9.52 Å². The van der Waals surface area contributed by atoms with Crippen molar-refractivity contribution in [1.29, 1.82) is 0 Å². The molecule has 0 bridgehead atoms. The zero-order valence-corrected chi connectivity index (χ0v) is 17.2. The number of alkyl halides is 3. The number of nitrogens with one attached hydrogen (secondary N) is 1. The predicted molar refractivity (Wildman–Crippen MR) is 103 cm³/mol. The van der Waals surface area contributed by atoms with Crippen molar-refractivity contribution in [2.24, 2.45) is 0 Å². The van der Waals surface area contributed by atoms with Crippen LogP contribution in [0, 0.1) is 0 Å². The Labute approximate surface area is 168 Å². The molecule has 0 saturated heterocycles. The number of amides is 1. The monoisotopic (exact) mass is 476 g/mol. The van der Waals surface area contributed by atoms with Crippen molar-refractivity contribution in [3.05, 3.63) is 52.0 Å². The van der Waals surface area contributed by atoms with Gasteiger partial charge in [-0.15, -0.1) is 0 Å². The van der Waals surface area contributed by atoms with Gasteiger partial charge in [0.15, 0.2) is 0 Å². The molecule has 1 heterocycles. The molecule has 10 heteroatoms. The summed E-state index contributed by atoms with van der Waals surface area (Å²) in [6.07, 6.45) is -4.13. The van der Waals surface area contributed by atoms with Crippen LogP contribution in [0.4, 0.5) is 24.5 Å². The van der Waals surface area contributed by atoms with Crippen LogP contribution >= 0.6 is 15.9 Å². The van der Waals surface area contributed by atoms with Gasteiger partial charge < -0.3 is 4.90 Å². The van der Waals surface area contributed by atoms with Gasteiger partial charge in [-0.2, -0.15) is 13.2 Å². The van der Waals surface area contributed by atoms with E-state index in [2.05, 4.69) is 20.7 Å². The van der Waals surface area contributed by atoms with Gasteiger partial charge in [-0.05, 0) is 49.2 Å². The van der Waals surface area contributed by atoms with Crippen molar-refractivity contribution in [2.45, 2.75) is 37.4 Å². The molecule has 1 aliphatic heterocycles. The van der Waals surface area contributed by atoms with Crippen molar-refractivity contribution >= 4 is 43.2 Å².